The SMILES string of the molecule is CCc1cc(OC)c(CC2CCNCC2)cc1SC. The molecular weight excluding hydrogens is 254 g/mol. The molecule has 0 spiro atoms. The summed E-state index contributed by atoms with van der Waals surface area (Å²) >= 11 is 1.85. The molecule has 1 saturated heterocycles. The zero-order valence-corrected chi connectivity index (χ0v) is 13.1. The highest BCUT2D eigenvalue weighted by atomic mass is 32.2. The van der Waals surface area contributed by atoms with Crippen LogP contribution in [0.3, 0.4) is 0 Å². The predicted octanol–water partition coefficient (Wildman–Crippen LogP) is 3.52. The number of hydrogen-bond acceptors (Lipinski definition) is 3. The van der Waals surface area contributed by atoms with Crippen LogP contribution in [0.2, 0.25) is 0 Å². The summed E-state index contributed by atoms with van der Waals surface area (Å²) in [5, 5.41) is 3.43. The van der Waals surface area contributed by atoms with Crippen molar-refractivity contribution in [2.45, 2.75) is 37.5 Å². The maximum absolute atomic E-state index is 5.60. The van der Waals surface area contributed by atoms with E-state index in [-0.39, 0.29) is 0 Å². The molecule has 3 heteroatoms. The summed E-state index contributed by atoms with van der Waals surface area (Å²) in [5.41, 5.74) is 2.79. The molecule has 1 aromatic carbocycles. The van der Waals surface area contributed by atoms with Crippen LogP contribution < -0.4 is 10.1 Å². The second-order valence-corrected chi connectivity index (χ2v) is 6.08. The third kappa shape index (κ3) is 3.67. The lowest BCUT2D eigenvalue weighted by Crippen LogP contribution is -2.28. The first-order valence-corrected chi connectivity index (χ1v) is 8.45. The van der Waals surface area contributed by atoms with Crippen molar-refractivity contribution >= 4 is 11.8 Å². The van der Waals surface area contributed by atoms with E-state index in [1.165, 1.54) is 28.9 Å². The number of nitrogens with one attached hydrogen (secondary N) is 1. The van der Waals surface area contributed by atoms with Crippen molar-refractivity contribution in [3.63, 3.8) is 0 Å². The number of thioether (sulfide) groups is 1. The Balaban J connectivity index is 2.21. The summed E-state index contributed by atoms with van der Waals surface area (Å²) in [4.78, 5) is 1.41. The number of piperidine rings is 1. The highest BCUT2D eigenvalue weighted by Crippen LogP contribution is 2.32. The summed E-state index contributed by atoms with van der Waals surface area (Å²) in [5.74, 6) is 1.88. The Hall–Kier alpha value is -0.670. The first kappa shape index (κ1) is 14.7. The molecule has 0 amide bonds. The lowest BCUT2D eigenvalue weighted by molar-refractivity contribution is 0.360. The molecule has 0 atom stereocenters. The molecule has 1 fully saturated rings. The van der Waals surface area contributed by atoms with E-state index in [0.29, 0.717) is 0 Å². The number of rotatable bonds is 5. The smallest absolute Gasteiger partial charge is 0.122 e. The first-order valence-electron chi connectivity index (χ1n) is 7.23. The number of benzene rings is 1. The van der Waals surface area contributed by atoms with Crippen molar-refractivity contribution < 1.29 is 4.74 Å². The van der Waals surface area contributed by atoms with E-state index in [2.05, 4.69) is 30.6 Å². The molecule has 0 aromatic heterocycles. The van der Waals surface area contributed by atoms with E-state index < -0.39 is 0 Å². The third-order valence-corrected chi connectivity index (χ3v) is 4.85. The topological polar surface area (TPSA) is 21.3 Å². The molecule has 2 rings (SSSR count). The van der Waals surface area contributed by atoms with Crippen LogP contribution in [0.25, 0.3) is 0 Å². The van der Waals surface area contributed by atoms with Gasteiger partial charge in [-0.05, 0) is 74.2 Å². The van der Waals surface area contributed by atoms with Crippen LogP contribution in [0.4, 0.5) is 0 Å². The van der Waals surface area contributed by atoms with Gasteiger partial charge in [0.15, 0.2) is 0 Å². The molecule has 2 nitrogen and oxygen atoms in total. The second kappa shape index (κ2) is 7.20. The zero-order chi connectivity index (χ0) is 13.7. The predicted molar refractivity (Wildman–Crippen MR) is 83.5 cm³/mol. The van der Waals surface area contributed by atoms with Crippen LogP contribution >= 0.6 is 11.8 Å². The largest absolute Gasteiger partial charge is 0.496 e. The average Bonchev–Trinajstić information content (AvgIpc) is 2.47. The van der Waals surface area contributed by atoms with Gasteiger partial charge in [0.2, 0.25) is 0 Å². The van der Waals surface area contributed by atoms with Crippen LogP contribution in [0.5, 0.6) is 5.75 Å². The minimum absolute atomic E-state index is 0.803. The normalized spacial score (nSPS) is 16.6. The van der Waals surface area contributed by atoms with Crippen molar-refractivity contribution in [1.29, 1.82) is 0 Å². The fraction of sp³-hybridized carbons (Fsp3) is 0.625. The third-order valence-electron chi connectivity index (χ3n) is 4.03. The Morgan fingerprint density at radius 2 is 2.00 bits per heavy atom. The molecule has 1 heterocycles. The molecule has 0 radical (unpaired) electrons. The molecule has 0 unspecified atom stereocenters. The molecule has 0 saturated carbocycles. The molecule has 1 aliphatic heterocycles. The van der Waals surface area contributed by atoms with Gasteiger partial charge in [0.1, 0.15) is 5.75 Å². The highest BCUT2D eigenvalue weighted by molar-refractivity contribution is 7.98. The molecule has 106 valence electrons. The van der Waals surface area contributed by atoms with Crippen LogP contribution in [0.15, 0.2) is 17.0 Å². The maximum Gasteiger partial charge on any atom is 0.122 e. The fourth-order valence-electron chi connectivity index (χ4n) is 2.86. The fourth-order valence-corrected chi connectivity index (χ4v) is 3.58. The molecule has 19 heavy (non-hydrogen) atoms. The van der Waals surface area contributed by atoms with Gasteiger partial charge in [0.05, 0.1) is 7.11 Å². The average molecular weight is 279 g/mol. The van der Waals surface area contributed by atoms with Gasteiger partial charge in [-0.1, -0.05) is 6.92 Å². The van der Waals surface area contributed by atoms with Crippen LogP contribution in [-0.4, -0.2) is 26.5 Å². The van der Waals surface area contributed by atoms with E-state index in [1.807, 2.05) is 11.8 Å². The summed E-state index contributed by atoms with van der Waals surface area (Å²) < 4.78 is 5.60. The standard InChI is InChI=1S/C16H25NOS/c1-4-13-10-15(18-2)14(11-16(13)19-3)9-12-5-7-17-8-6-12/h10-12,17H,4-9H2,1-3H3. The summed E-state index contributed by atoms with van der Waals surface area (Å²) in [6, 6.07) is 4.59. The molecule has 1 aliphatic rings. The number of methoxy groups -OCH3 is 1. The molecule has 0 aliphatic carbocycles. The molecule has 1 N–H and O–H groups in total. The lowest BCUT2D eigenvalue weighted by Gasteiger charge is -2.24. The quantitative estimate of drug-likeness (QED) is 0.833. The second-order valence-electron chi connectivity index (χ2n) is 5.23. The van der Waals surface area contributed by atoms with E-state index in [0.717, 1.165) is 37.6 Å². The Morgan fingerprint density at radius 1 is 1.26 bits per heavy atom. The monoisotopic (exact) mass is 279 g/mol. The molecule has 0 bridgehead atoms. The summed E-state index contributed by atoms with van der Waals surface area (Å²) in [6.45, 7) is 4.53. The van der Waals surface area contributed by atoms with Crippen LogP contribution in [0, 0.1) is 5.92 Å². The highest BCUT2D eigenvalue weighted by Gasteiger charge is 2.17. The van der Waals surface area contributed by atoms with Gasteiger partial charge in [-0.3, -0.25) is 0 Å². The van der Waals surface area contributed by atoms with Crippen LogP contribution in [-0.2, 0) is 12.8 Å². The van der Waals surface area contributed by atoms with Gasteiger partial charge in [0, 0.05) is 4.90 Å². The Kier molecular flexibility index (Phi) is 5.59. The Morgan fingerprint density at radius 3 is 2.58 bits per heavy atom. The van der Waals surface area contributed by atoms with Crippen LogP contribution in [0.1, 0.15) is 30.9 Å². The summed E-state index contributed by atoms with van der Waals surface area (Å²) in [6.07, 6.45) is 6.96. The van der Waals surface area contributed by atoms with Gasteiger partial charge in [-0.2, -0.15) is 0 Å². The van der Waals surface area contributed by atoms with E-state index in [1.54, 1.807) is 7.11 Å². The van der Waals surface area contributed by atoms with Crippen molar-refractivity contribution in [3.8, 4) is 5.75 Å². The van der Waals surface area contributed by atoms with Crippen molar-refractivity contribution in [2.24, 2.45) is 5.92 Å². The maximum atomic E-state index is 5.60. The minimum atomic E-state index is 0.803. The molecular formula is C16H25NOS. The number of hydrogen-bond donors (Lipinski definition) is 1. The van der Waals surface area contributed by atoms with Crippen molar-refractivity contribution in [1.82, 2.24) is 5.32 Å². The van der Waals surface area contributed by atoms with Gasteiger partial charge in [-0.15, -0.1) is 11.8 Å². The minimum Gasteiger partial charge on any atom is -0.496 e. The first-order chi connectivity index (χ1) is 9.28. The van der Waals surface area contributed by atoms with Crippen molar-refractivity contribution in [2.75, 3.05) is 26.5 Å². The van der Waals surface area contributed by atoms with E-state index in [9.17, 15) is 0 Å². The number of aryl methyl sites for hydroxylation is 1. The van der Waals surface area contributed by atoms with Crippen molar-refractivity contribution in [3.05, 3.63) is 23.3 Å². The zero-order valence-electron chi connectivity index (χ0n) is 12.3. The molecule has 1 aromatic rings. The van der Waals surface area contributed by atoms with Gasteiger partial charge in [0.25, 0.3) is 0 Å². The van der Waals surface area contributed by atoms with Gasteiger partial charge in [-0.25, -0.2) is 0 Å². The summed E-state index contributed by atoms with van der Waals surface area (Å²) in [7, 11) is 1.79. The van der Waals surface area contributed by atoms with Gasteiger partial charge >= 0.3 is 0 Å². The van der Waals surface area contributed by atoms with E-state index >= 15 is 0 Å². The van der Waals surface area contributed by atoms with Gasteiger partial charge < -0.3 is 10.1 Å². The number of ether oxygens (including phenoxy) is 1. The Bertz CT molecular complexity index is 413. The Labute approximate surface area is 121 Å². The lowest BCUT2D eigenvalue weighted by atomic mass is 9.90. The van der Waals surface area contributed by atoms with E-state index in [4.69, 9.17) is 4.74 Å².